The molecule has 0 atom stereocenters. The van der Waals surface area contributed by atoms with Crippen molar-refractivity contribution >= 4 is 11.9 Å². The third-order valence-corrected chi connectivity index (χ3v) is 1.41. The molecule has 0 fully saturated rings. The second-order valence-electron chi connectivity index (χ2n) is 2.95. The Morgan fingerprint density at radius 3 is 2.38 bits per heavy atom. The lowest BCUT2D eigenvalue weighted by atomic mass is 10.4. The van der Waals surface area contributed by atoms with Crippen LogP contribution in [0.15, 0.2) is 0 Å². The zero-order valence-electron chi connectivity index (χ0n) is 8.11. The highest BCUT2D eigenvalue weighted by molar-refractivity contribution is 6.31. The predicted molar refractivity (Wildman–Crippen MR) is 46.4 cm³/mol. The molecule has 0 aliphatic carbocycles. The van der Waals surface area contributed by atoms with Gasteiger partial charge in [-0.3, -0.25) is 4.79 Å². The SMILES string of the molecule is CC(C)OCCN(C)C(=O)C(=O)O. The third kappa shape index (κ3) is 5.19. The fourth-order valence-corrected chi connectivity index (χ4v) is 0.690. The molecule has 0 aliphatic heterocycles. The van der Waals surface area contributed by atoms with E-state index in [4.69, 9.17) is 9.84 Å². The number of carbonyl (C=O) groups excluding carboxylic acids is 1. The molecule has 1 N–H and O–H groups in total. The van der Waals surface area contributed by atoms with Crippen molar-refractivity contribution < 1.29 is 19.4 Å². The van der Waals surface area contributed by atoms with Crippen LogP contribution in [0.2, 0.25) is 0 Å². The van der Waals surface area contributed by atoms with Gasteiger partial charge in [0, 0.05) is 13.6 Å². The van der Waals surface area contributed by atoms with Crippen LogP contribution in [0.4, 0.5) is 0 Å². The van der Waals surface area contributed by atoms with E-state index < -0.39 is 11.9 Å². The minimum Gasteiger partial charge on any atom is -0.474 e. The van der Waals surface area contributed by atoms with E-state index in [-0.39, 0.29) is 6.10 Å². The molecular formula is C8H15NO4. The van der Waals surface area contributed by atoms with E-state index in [1.54, 1.807) is 0 Å². The van der Waals surface area contributed by atoms with E-state index in [0.717, 1.165) is 4.90 Å². The van der Waals surface area contributed by atoms with E-state index in [1.165, 1.54) is 7.05 Å². The molecule has 0 spiro atoms. The van der Waals surface area contributed by atoms with E-state index in [9.17, 15) is 9.59 Å². The summed E-state index contributed by atoms with van der Waals surface area (Å²) in [7, 11) is 1.43. The van der Waals surface area contributed by atoms with Gasteiger partial charge in [0.25, 0.3) is 0 Å². The Bertz CT molecular complexity index is 191. The fraction of sp³-hybridized carbons (Fsp3) is 0.750. The molecule has 0 rings (SSSR count). The summed E-state index contributed by atoms with van der Waals surface area (Å²) in [5.41, 5.74) is 0. The Balaban J connectivity index is 3.68. The number of carboxylic acids is 1. The van der Waals surface area contributed by atoms with Crippen molar-refractivity contribution in [2.24, 2.45) is 0 Å². The van der Waals surface area contributed by atoms with E-state index in [1.807, 2.05) is 13.8 Å². The molecule has 0 aliphatic rings. The van der Waals surface area contributed by atoms with Crippen molar-refractivity contribution in [1.29, 1.82) is 0 Å². The van der Waals surface area contributed by atoms with Crippen LogP contribution >= 0.6 is 0 Å². The quantitative estimate of drug-likeness (QED) is 0.630. The summed E-state index contributed by atoms with van der Waals surface area (Å²) >= 11 is 0. The highest BCUT2D eigenvalue weighted by atomic mass is 16.5. The highest BCUT2D eigenvalue weighted by Gasteiger charge is 2.16. The first-order valence-electron chi connectivity index (χ1n) is 4.05. The summed E-state index contributed by atoms with van der Waals surface area (Å²) < 4.78 is 5.16. The molecule has 0 unspecified atom stereocenters. The van der Waals surface area contributed by atoms with Gasteiger partial charge in [0.1, 0.15) is 0 Å². The Kier molecular flexibility index (Phi) is 5.06. The van der Waals surface area contributed by atoms with Crippen molar-refractivity contribution in [2.45, 2.75) is 20.0 Å². The van der Waals surface area contributed by atoms with Gasteiger partial charge in [0.2, 0.25) is 0 Å². The number of amides is 1. The minimum absolute atomic E-state index is 0.0910. The summed E-state index contributed by atoms with van der Waals surface area (Å²) in [5, 5.41) is 8.33. The van der Waals surface area contributed by atoms with Crippen molar-refractivity contribution in [3.8, 4) is 0 Å². The molecular weight excluding hydrogens is 174 g/mol. The maximum atomic E-state index is 10.8. The molecule has 5 heteroatoms. The Morgan fingerprint density at radius 2 is 2.00 bits per heavy atom. The molecule has 0 radical (unpaired) electrons. The lowest BCUT2D eigenvalue weighted by molar-refractivity contribution is -0.155. The van der Waals surface area contributed by atoms with Crippen LogP contribution in [-0.4, -0.2) is 48.2 Å². The number of hydrogen-bond donors (Lipinski definition) is 1. The fourth-order valence-electron chi connectivity index (χ4n) is 0.690. The molecule has 13 heavy (non-hydrogen) atoms. The third-order valence-electron chi connectivity index (χ3n) is 1.41. The first-order valence-corrected chi connectivity index (χ1v) is 4.05. The van der Waals surface area contributed by atoms with Gasteiger partial charge in [-0.05, 0) is 13.8 Å². The number of carboxylic acid groups (broad SMARTS) is 1. The summed E-state index contributed by atoms with van der Waals surface area (Å²) in [5.74, 6) is -2.35. The molecule has 0 heterocycles. The van der Waals surface area contributed by atoms with Gasteiger partial charge < -0.3 is 14.7 Å². The Hall–Kier alpha value is -1.10. The van der Waals surface area contributed by atoms with Crippen LogP contribution in [-0.2, 0) is 14.3 Å². The number of nitrogens with zero attached hydrogens (tertiary/aromatic N) is 1. The summed E-state index contributed by atoms with van der Waals surface area (Å²) in [6.07, 6.45) is 0.0910. The Labute approximate surface area is 77.3 Å². The van der Waals surface area contributed by atoms with Crippen molar-refractivity contribution in [2.75, 3.05) is 20.2 Å². The smallest absolute Gasteiger partial charge is 0.394 e. The molecule has 0 saturated carbocycles. The van der Waals surface area contributed by atoms with Gasteiger partial charge >= 0.3 is 11.9 Å². The molecule has 76 valence electrons. The first-order chi connectivity index (χ1) is 5.95. The zero-order chi connectivity index (χ0) is 10.4. The summed E-state index contributed by atoms with van der Waals surface area (Å²) in [6.45, 7) is 4.40. The van der Waals surface area contributed by atoms with Crippen molar-refractivity contribution in [3.05, 3.63) is 0 Å². The van der Waals surface area contributed by atoms with Crippen molar-refractivity contribution in [1.82, 2.24) is 4.90 Å². The van der Waals surface area contributed by atoms with Gasteiger partial charge in [-0.2, -0.15) is 0 Å². The average Bonchev–Trinajstić information content (AvgIpc) is 2.02. The van der Waals surface area contributed by atoms with Crippen LogP contribution in [0.3, 0.4) is 0 Å². The molecule has 0 saturated heterocycles. The molecule has 0 aromatic heterocycles. The number of carbonyl (C=O) groups is 2. The van der Waals surface area contributed by atoms with Crippen LogP contribution in [0.1, 0.15) is 13.8 Å². The number of ether oxygens (including phenoxy) is 1. The average molecular weight is 189 g/mol. The van der Waals surface area contributed by atoms with Gasteiger partial charge in [0.05, 0.1) is 12.7 Å². The molecule has 5 nitrogen and oxygen atoms in total. The highest BCUT2D eigenvalue weighted by Crippen LogP contribution is 1.90. The minimum atomic E-state index is -1.44. The lowest BCUT2D eigenvalue weighted by Crippen LogP contribution is -2.35. The Morgan fingerprint density at radius 1 is 1.46 bits per heavy atom. The molecule has 1 amide bonds. The number of aliphatic carboxylic acids is 1. The second-order valence-corrected chi connectivity index (χ2v) is 2.95. The number of hydrogen-bond acceptors (Lipinski definition) is 3. The number of rotatable bonds is 4. The normalized spacial score (nSPS) is 10.2. The molecule has 0 aromatic carbocycles. The van der Waals surface area contributed by atoms with Gasteiger partial charge in [-0.25, -0.2) is 4.79 Å². The standard InChI is InChI=1S/C8H15NO4/c1-6(2)13-5-4-9(3)7(10)8(11)12/h6H,4-5H2,1-3H3,(H,11,12). The first kappa shape index (κ1) is 11.9. The van der Waals surface area contributed by atoms with Crippen LogP contribution in [0.25, 0.3) is 0 Å². The van der Waals surface area contributed by atoms with Crippen LogP contribution in [0.5, 0.6) is 0 Å². The van der Waals surface area contributed by atoms with E-state index in [2.05, 4.69) is 0 Å². The molecule has 0 bridgehead atoms. The van der Waals surface area contributed by atoms with Gasteiger partial charge in [-0.1, -0.05) is 0 Å². The number of likely N-dealkylation sites (N-methyl/N-ethyl adjacent to an activating group) is 1. The lowest BCUT2D eigenvalue weighted by Gasteiger charge is -2.15. The summed E-state index contributed by atoms with van der Waals surface area (Å²) in [4.78, 5) is 22.1. The monoisotopic (exact) mass is 189 g/mol. The van der Waals surface area contributed by atoms with Gasteiger partial charge in [-0.15, -0.1) is 0 Å². The summed E-state index contributed by atoms with van der Waals surface area (Å²) in [6, 6.07) is 0. The van der Waals surface area contributed by atoms with Crippen molar-refractivity contribution in [3.63, 3.8) is 0 Å². The maximum Gasteiger partial charge on any atom is 0.394 e. The van der Waals surface area contributed by atoms with E-state index >= 15 is 0 Å². The van der Waals surface area contributed by atoms with Crippen LogP contribution in [0, 0.1) is 0 Å². The topological polar surface area (TPSA) is 66.8 Å². The largest absolute Gasteiger partial charge is 0.474 e. The van der Waals surface area contributed by atoms with Crippen LogP contribution < -0.4 is 0 Å². The van der Waals surface area contributed by atoms with Gasteiger partial charge in [0.15, 0.2) is 0 Å². The zero-order valence-corrected chi connectivity index (χ0v) is 8.11. The maximum absolute atomic E-state index is 10.8. The second kappa shape index (κ2) is 5.53. The molecule has 0 aromatic rings. The van der Waals surface area contributed by atoms with E-state index in [0.29, 0.717) is 13.2 Å². The predicted octanol–water partition coefficient (Wildman–Crippen LogP) is -0.0456.